The fourth-order valence-corrected chi connectivity index (χ4v) is 3.41. The van der Waals surface area contributed by atoms with Crippen LogP contribution in [0.25, 0.3) is 0 Å². The van der Waals surface area contributed by atoms with Gasteiger partial charge in [0.25, 0.3) is 0 Å². The Bertz CT molecular complexity index is 570. The van der Waals surface area contributed by atoms with E-state index < -0.39 is 5.82 Å². The largest absolute Gasteiger partial charge is 0.303 e. The van der Waals surface area contributed by atoms with E-state index in [1.807, 2.05) is 25.3 Å². The van der Waals surface area contributed by atoms with Gasteiger partial charge in [0.1, 0.15) is 11.6 Å². The Labute approximate surface area is 123 Å². The molecule has 0 saturated heterocycles. The minimum Gasteiger partial charge on any atom is -0.303 e. The molecule has 102 valence electrons. The van der Waals surface area contributed by atoms with E-state index in [2.05, 4.69) is 21.2 Å². The summed E-state index contributed by atoms with van der Waals surface area (Å²) in [6.07, 6.45) is 0. The predicted molar refractivity (Wildman–Crippen MR) is 78.3 cm³/mol. The van der Waals surface area contributed by atoms with Gasteiger partial charge in [0.2, 0.25) is 0 Å². The van der Waals surface area contributed by atoms with Gasteiger partial charge in [0.05, 0.1) is 0 Å². The predicted octanol–water partition coefficient (Wildman–Crippen LogP) is 5.20. The summed E-state index contributed by atoms with van der Waals surface area (Å²) in [5, 5.41) is 5.28. The zero-order valence-electron chi connectivity index (χ0n) is 10.6. The first kappa shape index (κ1) is 14.6. The molecule has 1 heterocycles. The Hall–Kier alpha value is -0.780. The molecule has 0 aliphatic rings. The van der Waals surface area contributed by atoms with Gasteiger partial charge in [-0.15, -0.1) is 11.3 Å². The molecule has 2 atom stereocenters. The molecule has 2 aromatic rings. The molecule has 0 fully saturated rings. The lowest BCUT2D eigenvalue weighted by Crippen LogP contribution is -2.22. The number of nitrogens with one attached hydrogen (secondary N) is 1. The maximum absolute atomic E-state index is 13.7. The Morgan fingerprint density at radius 3 is 2.53 bits per heavy atom. The fraction of sp³-hybridized carbons (Fsp3) is 0.286. The summed E-state index contributed by atoms with van der Waals surface area (Å²) in [5.74, 6) is -0.808. The minimum atomic E-state index is -0.420. The Balaban J connectivity index is 2.12. The molecule has 0 bridgehead atoms. The van der Waals surface area contributed by atoms with Crippen LogP contribution in [0.5, 0.6) is 0 Å². The molecule has 2 unspecified atom stereocenters. The molecule has 1 aromatic carbocycles. The van der Waals surface area contributed by atoms with Crippen molar-refractivity contribution in [2.75, 3.05) is 0 Å². The molecule has 1 nitrogen and oxygen atoms in total. The van der Waals surface area contributed by atoms with Crippen LogP contribution >= 0.6 is 27.3 Å². The molecule has 5 heteroatoms. The highest BCUT2D eigenvalue weighted by molar-refractivity contribution is 9.10. The molecule has 1 aromatic heterocycles. The van der Waals surface area contributed by atoms with Gasteiger partial charge in [-0.3, -0.25) is 0 Å². The second-order valence-electron chi connectivity index (χ2n) is 4.44. The molecule has 0 saturated carbocycles. The number of rotatable bonds is 4. The van der Waals surface area contributed by atoms with Crippen LogP contribution in [0.3, 0.4) is 0 Å². The number of halogens is 3. The highest BCUT2D eigenvalue weighted by Crippen LogP contribution is 2.28. The molecule has 0 amide bonds. The molecule has 0 radical (unpaired) electrons. The van der Waals surface area contributed by atoms with Crippen molar-refractivity contribution in [3.05, 3.63) is 56.2 Å². The van der Waals surface area contributed by atoms with Gasteiger partial charge in [0.15, 0.2) is 0 Å². The first-order chi connectivity index (χ1) is 8.97. The van der Waals surface area contributed by atoms with Gasteiger partial charge < -0.3 is 5.32 Å². The smallest absolute Gasteiger partial charge is 0.128 e. The maximum atomic E-state index is 13.7. The lowest BCUT2D eigenvalue weighted by Gasteiger charge is -2.20. The quantitative estimate of drug-likeness (QED) is 0.802. The average molecular weight is 346 g/mol. The summed E-state index contributed by atoms with van der Waals surface area (Å²) >= 11 is 5.03. The summed E-state index contributed by atoms with van der Waals surface area (Å²) in [4.78, 5) is 1.15. The van der Waals surface area contributed by atoms with E-state index in [1.54, 1.807) is 11.3 Å². The molecule has 1 N–H and O–H groups in total. The maximum Gasteiger partial charge on any atom is 0.128 e. The molecule has 0 aliphatic heterocycles. The van der Waals surface area contributed by atoms with E-state index >= 15 is 0 Å². The zero-order valence-corrected chi connectivity index (χ0v) is 13.0. The Morgan fingerprint density at radius 1 is 1.16 bits per heavy atom. The van der Waals surface area contributed by atoms with E-state index in [4.69, 9.17) is 0 Å². The third-order valence-electron chi connectivity index (χ3n) is 2.94. The van der Waals surface area contributed by atoms with Gasteiger partial charge in [-0.25, -0.2) is 8.78 Å². The van der Waals surface area contributed by atoms with Crippen LogP contribution in [0.2, 0.25) is 0 Å². The van der Waals surface area contributed by atoms with Gasteiger partial charge in [-0.1, -0.05) is 0 Å². The fourth-order valence-electron chi connectivity index (χ4n) is 1.95. The highest BCUT2D eigenvalue weighted by Gasteiger charge is 2.16. The summed E-state index contributed by atoms with van der Waals surface area (Å²) in [7, 11) is 0. The van der Waals surface area contributed by atoms with Crippen molar-refractivity contribution in [1.29, 1.82) is 0 Å². The van der Waals surface area contributed by atoms with E-state index in [1.165, 1.54) is 6.07 Å². The summed E-state index contributed by atoms with van der Waals surface area (Å²) in [6, 6.07) is 5.38. The molecule has 19 heavy (non-hydrogen) atoms. The van der Waals surface area contributed by atoms with Crippen molar-refractivity contribution in [2.24, 2.45) is 0 Å². The summed E-state index contributed by atoms with van der Waals surface area (Å²) in [5.41, 5.74) is 0.350. The van der Waals surface area contributed by atoms with E-state index in [0.29, 0.717) is 5.56 Å². The second-order valence-corrected chi connectivity index (χ2v) is 6.30. The second kappa shape index (κ2) is 6.11. The Kier molecular flexibility index (Phi) is 4.71. The molecule has 0 aliphatic carbocycles. The van der Waals surface area contributed by atoms with Crippen molar-refractivity contribution < 1.29 is 8.78 Å². The van der Waals surface area contributed by atoms with Crippen molar-refractivity contribution in [3.8, 4) is 0 Å². The summed E-state index contributed by atoms with van der Waals surface area (Å²) < 4.78 is 27.9. The van der Waals surface area contributed by atoms with Crippen LogP contribution in [0.15, 0.2) is 34.1 Å². The minimum absolute atomic E-state index is 0.0777. The topological polar surface area (TPSA) is 12.0 Å². The van der Waals surface area contributed by atoms with Gasteiger partial charge in [-0.05, 0) is 54.0 Å². The van der Waals surface area contributed by atoms with Crippen LogP contribution in [0.4, 0.5) is 8.78 Å². The lowest BCUT2D eigenvalue weighted by molar-refractivity contribution is 0.473. The lowest BCUT2D eigenvalue weighted by atomic mass is 10.1. The van der Waals surface area contributed by atoms with Crippen LogP contribution in [-0.2, 0) is 0 Å². The van der Waals surface area contributed by atoms with Crippen LogP contribution in [0, 0.1) is 11.6 Å². The number of hydrogen-bond acceptors (Lipinski definition) is 2. The number of thiophene rings is 1. The normalized spacial score (nSPS) is 14.4. The number of hydrogen-bond donors (Lipinski definition) is 1. The average Bonchev–Trinajstić information content (AvgIpc) is 2.79. The van der Waals surface area contributed by atoms with Crippen LogP contribution in [0.1, 0.15) is 36.4 Å². The SMILES string of the molecule is CC(NC(C)c1cc(F)ccc1F)c1cc(Br)cs1. The van der Waals surface area contributed by atoms with E-state index in [-0.39, 0.29) is 17.9 Å². The van der Waals surface area contributed by atoms with E-state index in [9.17, 15) is 8.78 Å². The van der Waals surface area contributed by atoms with Gasteiger partial charge in [-0.2, -0.15) is 0 Å². The molecular formula is C14H14BrF2NS. The monoisotopic (exact) mass is 345 g/mol. The molecule has 2 rings (SSSR count). The van der Waals surface area contributed by atoms with Crippen molar-refractivity contribution >= 4 is 27.3 Å². The van der Waals surface area contributed by atoms with Gasteiger partial charge in [0, 0.05) is 32.4 Å². The van der Waals surface area contributed by atoms with Crippen molar-refractivity contribution in [3.63, 3.8) is 0 Å². The summed E-state index contributed by atoms with van der Waals surface area (Å²) in [6.45, 7) is 3.84. The van der Waals surface area contributed by atoms with Crippen molar-refractivity contribution in [1.82, 2.24) is 5.32 Å². The van der Waals surface area contributed by atoms with Crippen LogP contribution < -0.4 is 5.32 Å². The Morgan fingerprint density at radius 2 is 1.89 bits per heavy atom. The zero-order chi connectivity index (χ0) is 14.0. The first-order valence-electron chi connectivity index (χ1n) is 5.92. The molecular weight excluding hydrogens is 332 g/mol. The van der Waals surface area contributed by atoms with Gasteiger partial charge >= 0.3 is 0 Å². The third-order valence-corrected chi connectivity index (χ3v) is 4.82. The third kappa shape index (κ3) is 3.61. The number of benzene rings is 1. The molecule has 0 spiro atoms. The van der Waals surface area contributed by atoms with Crippen LogP contribution in [-0.4, -0.2) is 0 Å². The van der Waals surface area contributed by atoms with E-state index in [0.717, 1.165) is 21.5 Å². The standard InChI is InChI=1S/C14H14BrF2NS/c1-8(12-6-11(16)3-4-13(12)17)18-9(2)14-5-10(15)7-19-14/h3-9,18H,1-2H3. The highest BCUT2D eigenvalue weighted by atomic mass is 79.9. The van der Waals surface area contributed by atoms with Crippen molar-refractivity contribution in [2.45, 2.75) is 25.9 Å². The first-order valence-corrected chi connectivity index (χ1v) is 7.59.